The molecule has 6 heteroatoms. The van der Waals surface area contributed by atoms with Crippen molar-refractivity contribution in [1.82, 2.24) is 4.72 Å². The highest BCUT2D eigenvalue weighted by atomic mass is 79.9. The smallest absolute Gasteiger partial charge is 0.210 e. The molecule has 1 aromatic heterocycles. The fraction of sp³-hybridized carbons (Fsp3) is 0.500. The lowest BCUT2D eigenvalue weighted by atomic mass is 9.93. The van der Waals surface area contributed by atoms with E-state index in [0.717, 1.165) is 16.6 Å². The lowest BCUT2D eigenvalue weighted by Gasteiger charge is -2.16. The summed E-state index contributed by atoms with van der Waals surface area (Å²) in [5, 5.41) is 0. The number of allylic oxidation sites excluding steroid dienone is 2. The maximum Gasteiger partial charge on any atom is 0.250 e. The van der Waals surface area contributed by atoms with Crippen LogP contribution in [0.3, 0.4) is 0 Å². The SMILES string of the molecule is O=S(=O)(NCC[C@H]1C=CCCC1)c1ccc(Br)s1. The fourth-order valence-electron chi connectivity index (χ4n) is 2.02. The summed E-state index contributed by atoms with van der Waals surface area (Å²) < 4.78 is 27.8. The highest BCUT2D eigenvalue weighted by Gasteiger charge is 2.16. The van der Waals surface area contributed by atoms with Crippen LogP contribution in [0.15, 0.2) is 32.3 Å². The van der Waals surface area contributed by atoms with E-state index in [1.165, 1.54) is 24.2 Å². The highest BCUT2D eigenvalue weighted by molar-refractivity contribution is 9.11. The first-order chi connectivity index (χ1) is 8.58. The number of hydrogen-bond acceptors (Lipinski definition) is 3. The van der Waals surface area contributed by atoms with Gasteiger partial charge in [-0.15, -0.1) is 11.3 Å². The Morgan fingerprint density at radius 3 is 2.89 bits per heavy atom. The van der Waals surface area contributed by atoms with Gasteiger partial charge in [-0.2, -0.15) is 0 Å². The minimum Gasteiger partial charge on any atom is -0.210 e. The Balaban J connectivity index is 1.85. The molecule has 1 aromatic rings. The van der Waals surface area contributed by atoms with Gasteiger partial charge in [0.05, 0.1) is 3.79 Å². The summed E-state index contributed by atoms with van der Waals surface area (Å²) in [6.45, 7) is 0.507. The van der Waals surface area contributed by atoms with Crippen molar-refractivity contribution in [2.24, 2.45) is 5.92 Å². The zero-order valence-corrected chi connectivity index (χ0v) is 13.2. The lowest BCUT2D eigenvalue weighted by Crippen LogP contribution is -2.25. The van der Waals surface area contributed by atoms with Crippen molar-refractivity contribution in [1.29, 1.82) is 0 Å². The third kappa shape index (κ3) is 3.91. The average molecular weight is 350 g/mol. The van der Waals surface area contributed by atoms with Crippen molar-refractivity contribution in [2.75, 3.05) is 6.54 Å². The Morgan fingerprint density at radius 1 is 1.44 bits per heavy atom. The standard InChI is InChI=1S/C12H16BrNO2S2/c13-11-6-7-12(17-11)18(15,16)14-9-8-10-4-2-1-3-5-10/h2,4,6-7,10,14H,1,3,5,8-9H2/t10-/m0/s1. The molecule has 0 spiro atoms. The van der Waals surface area contributed by atoms with Crippen molar-refractivity contribution in [2.45, 2.75) is 29.9 Å². The van der Waals surface area contributed by atoms with E-state index in [4.69, 9.17) is 0 Å². The predicted octanol–water partition coefficient (Wildman–Crippen LogP) is 3.54. The quantitative estimate of drug-likeness (QED) is 0.826. The first-order valence-corrected chi connectivity index (χ1v) is 9.09. The summed E-state index contributed by atoms with van der Waals surface area (Å²) in [6.07, 6.45) is 8.82. The van der Waals surface area contributed by atoms with Crippen LogP contribution in [0, 0.1) is 5.92 Å². The van der Waals surface area contributed by atoms with Gasteiger partial charge in [-0.05, 0) is 59.7 Å². The summed E-state index contributed by atoms with van der Waals surface area (Å²) in [7, 11) is -3.33. The second kappa shape index (κ2) is 6.32. The van der Waals surface area contributed by atoms with Crippen LogP contribution in [0.2, 0.25) is 0 Å². The number of hydrogen-bond donors (Lipinski definition) is 1. The second-order valence-corrected chi connectivity index (χ2v) is 8.82. The monoisotopic (exact) mass is 349 g/mol. The molecule has 0 fully saturated rings. The first-order valence-electron chi connectivity index (χ1n) is 5.99. The van der Waals surface area contributed by atoms with Crippen LogP contribution < -0.4 is 4.72 Å². The molecule has 0 saturated carbocycles. The summed E-state index contributed by atoms with van der Waals surface area (Å²) in [5.74, 6) is 0.525. The van der Waals surface area contributed by atoms with Gasteiger partial charge in [0.1, 0.15) is 4.21 Å². The van der Waals surface area contributed by atoms with Gasteiger partial charge in [0.2, 0.25) is 10.0 Å². The van der Waals surface area contributed by atoms with Gasteiger partial charge in [-0.1, -0.05) is 12.2 Å². The van der Waals surface area contributed by atoms with E-state index in [9.17, 15) is 8.42 Å². The van der Waals surface area contributed by atoms with Gasteiger partial charge < -0.3 is 0 Å². The van der Waals surface area contributed by atoms with E-state index in [2.05, 4.69) is 32.8 Å². The van der Waals surface area contributed by atoms with Crippen LogP contribution in [0.25, 0.3) is 0 Å². The van der Waals surface area contributed by atoms with Crippen LogP contribution in [-0.4, -0.2) is 15.0 Å². The van der Waals surface area contributed by atoms with E-state index in [1.807, 2.05) is 0 Å². The predicted molar refractivity (Wildman–Crippen MR) is 78.3 cm³/mol. The topological polar surface area (TPSA) is 46.2 Å². The molecule has 0 unspecified atom stereocenters. The van der Waals surface area contributed by atoms with E-state index in [-0.39, 0.29) is 0 Å². The molecule has 0 aromatic carbocycles. The van der Waals surface area contributed by atoms with Crippen molar-refractivity contribution in [3.05, 3.63) is 28.1 Å². The van der Waals surface area contributed by atoms with Crippen LogP contribution in [-0.2, 0) is 10.0 Å². The minimum atomic E-state index is -3.33. The largest absolute Gasteiger partial charge is 0.250 e. The summed E-state index contributed by atoms with van der Waals surface area (Å²) >= 11 is 4.51. The zero-order valence-electron chi connectivity index (χ0n) is 9.93. The van der Waals surface area contributed by atoms with E-state index in [0.29, 0.717) is 16.7 Å². The molecule has 1 N–H and O–H groups in total. The van der Waals surface area contributed by atoms with Gasteiger partial charge in [-0.3, -0.25) is 0 Å². The lowest BCUT2D eigenvalue weighted by molar-refractivity contribution is 0.499. The first kappa shape index (κ1) is 14.2. The zero-order chi connectivity index (χ0) is 13.0. The van der Waals surface area contributed by atoms with Crippen molar-refractivity contribution >= 4 is 37.3 Å². The Morgan fingerprint density at radius 2 is 2.28 bits per heavy atom. The minimum absolute atomic E-state index is 0.369. The molecule has 1 atom stereocenters. The fourth-order valence-corrected chi connectivity index (χ4v) is 5.12. The van der Waals surface area contributed by atoms with Crippen LogP contribution in [0.5, 0.6) is 0 Å². The number of sulfonamides is 1. The van der Waals surface area contributed by atoms with Gasteiger partial charge >= 0.3 is 0 Å². The maximum absolute atomic E-state index is 11.9. The van der Waals surface area contributed by atoms with Crippen LogP contribution in [0.1, 0.15) is 25.7 Å². The molecular formula is C12H16BrNO2S2. The molecule has 0 bridgehead atoms. The van der Waals surface area contributed by atoms with Crippen molar-refractivity contribution in [3.63, 3.8) is 0 Å². The molecule has 0 aliphatic heterocycles. The third-order valence-corrected chi connectivity index (χ3v) is 6.55. The number of rotatable bonds is 5. The van der Waals surface area contributed by atoms with Gasteiger partial charge in [0, 0.05) is 6.54 Å². The molecule has 3 nitrogen and oxygen atoms in total. The average Bonchev–Trinajstić information content (AvgIpc) is 2.78. The highest BCUT2D eigenvalue weighted by Crippen LogP contribution is 2.26. The summed E-state index contributed by atoms with van der Waals surface area (Å²) in [5.41, 5.74) is 0. The normalized spacial score (nSPS) is 20.2. The van der Waals surface area contributed by atoms with Crippen molar-refractivity contribution < 1.29 is 8.42 Å². The number of nitrogens with one attached hydrogen (secondary N) is 1. The van der Waals surface area contributed by atoms with Crippen LogP contribution >= 0.6 is 27.3 Å². The molecule has 2 rings (SSSR count). The van der Waals surface area contributed by atoms with Gasteiger partial charge in [0.25, 0.3) is 0 Å². The Hall–Kier alpha value is -0.170. The van der Waals surface area contributed by atoms with E-state index >= 15 is 0 Å². The molecule has 18 heavy (non-hydrogen) atoms. The molecule has 1 aliphatic rings. The van der Waals surface area contributed by atoms with Crippen LogP contribution in [0.4, 0.5) is 0 Å². The summed E-state index contributed by atoms with van der Waals surface area (Å²) in [6, 6.07) is 3.38. The number of halogens is 1. The molecule has 0 amide bonds. The third-order valence-electron chi connectivity index (χ3n) is 2.97. The Labute approximate surface area is 120 Å². The van der Waals surface area contributed by atoms with Gasteiger partial charge in [-0.25, -0.2) is 13.1 Å². The molecule has 0 saturated heterocycles. The molecular weight excluding hydrogens is 334 g/mol. The van der Waals surface area contributed by atoms with E-state index < -0.39 is 10.0 Å². The van der Waals surface area contributed by atoms with Crippen molar-refractivity contribution in [3.8, 4) is 0 Å². The second-order valence-electron chi connectivity index (χ2n) is 4.36. The molecule has 0 radical (unpaired) electrons. The van der Waals surface area contributed by atoms with Gasteiger partial charge in [0.15, 0.2) is 0 Å². The molecule has 100 valence electrons. The summed E-state index contributed by atoms with van der Waals surface area (Å²) in [4.78, 5) is 0. The van der Waals surface area contributed by atoms with E-state index in [1.54, 1.807) is 12.1 Å². The number of thiophene rings is 1. The molecule has 1 heterocycles. The Bertz CT molecular complexity index is 522. The Kier molecular flexibility index (Phi) is 5.00. The molecule has 1 aliphatic carbocycles. The maximum atomic E-state index is 11.9.